The number of aromatic carboxylic acids is 1. The second-order valence-electron chi connectivity index (χ2n) is 4.92. The molecule has 0 aliphatic carbocycles. The number of amides is 1. The van der Waals surface area contributed by atoms with E-state index in [0.29, 0.717) is 21.4 Å². The van der Waals surface area contributed by atoms with Crippen LogP contribution in [0.25, 0.3) is 0 Å². The van der Waals surface area contributed by atoms with Crippen LogP contribution in [0.2, 0.25) is 5.02 Å². The number of carbonyl (C=O) groups is 2. The summed E-state index contributed by atoms with van der Waals surface area (Å²) in [4.78, 5) is 27.5. The maximum atomic E-state index is 12.3. The summed E-state index contributed by atoms with van der Waals surface area (Å²) in [6, 6.07) is 5.22. The van der Waals surface area contributed by atoms with E-state index < -0.39 is 11.9 Å². The largest absolute Gasteiger partial charge is 0.544 e. The molecule has 0 aliphatic heterocycles. The minimum Gasteiger partial charge on any atom is -0.544 e. The monoisotopic (exact) mass is 337 g/mol. The topological polar surface area (TPSA) is 82.1 Å². The Bertz CT molecular complexity index is 742. The molecule has 0 unspecified atom stereocenters. The maximum absolute atomic E-state index is 12.3. The second-order valence-corrected chi connectivity index (χ2v) is 6.39. The Morgan fingerprint density at radius 2 is 2.05 bits per heavy atom. The Morgan fingerprint density at radius 1 is 1.36 bits per heavy atom. The Labute approximate surface area is 137 Å². The van der Waals surface area contributed by atoms with E-state index in [1.165, 1.54) is 0 Å². The summed E-state index contributed by atoms with van der Waals surface area (Å²) >= 11 is 6.88. The Hall–Kier alpha value is -1.92. The molecule has 0 saturated carbocycles. The van der Waals surface area contributed by atoms with Crippen molar-refractivity contribution in [1.29, 1.82) is 0 Å². The summed E-state index contributed by atoms with van der Waals surface area (Å²) in [6.45, 7) is 5.11. The lowest BCUT2D eigenvalue weighted by atomic mass is 10.1. The number of rotatable bonds is 4. The average molecular weight is 338 g/mol. The van der Waals surface area contributed by atoms with E-state index in [4.69, 9.17) is 11.6 Å². The lowest BCUT2D eigenvalue weighted by molar-refractivity contribution is -0.254. The normalized spacial score (nSPS) is 12.0. The SMILES string of the molecule is Cc1ccc(Cl)cc1NC(=O)[C@@H](C)c1nc(C)c(C(=O)[O-])s1. The fourth-order valence-electron chi connectivity index (χ4n) is 1.87. The van der Waals surface area contributed by atoms with E-state index in [1.807, 2.05) is 13.0 Å². The number of carboxylic acids is 1. The molecule has 0 fully saturated rings. The zero-order valence-electron chi connectivity index (χ0n) is 12.3. The van der Waals surface area contributed by atoms with Crippen LogP contribution in [0.1, 0.15) is 38.8 Å². The van der Waals surface area contributed by atoms with Crippen molar-refractivity contribution in [2.75, 3.05) is 5.32 Å². The summed E-state index contributed by atoms with van der Waals surface area (Å²) in [5.41, 5.74) is 1.87. The first-order valence-corrected chi connectivity index (χ1v) is 7.74. The highest BCUT2D eigenvalue weighted by molar-refractivity contribution is 7.13. The molecule has 1 aromatic carbocycles. The molecule has 7 heteroatoms. The van der Waals surface area contributed by atoms with E-state index >= 15 is 0 Å². The molecule has 1 heterocycles. The predicted octanol–water partition coefficient (Wildman–Crippen LogP) is 2.52. The highest BCUT2D eigenvalue weighted by Gasteiger charge is 2.21. The van der Waals surface area contributed by atoms with Gasteiger partial charge in [0.2, 0.25) is 5.91 Å². The van der Waals surface area contributed by atoms with Gasteiger partial charge in [0.1, 0.15) is 5.01 Å². The number of hydrogen-bond acceptors (Lipinski definition) is 5. The van der Waals surface area contributed by atoms with E-state index in [-0.39, 0.29) is 10.8 Å². The van der Waals surface area contributed by atoms with E-state index in [2.05, 4.69) is 10.3 Å². The maximum Gasteiger partial charge on any atom is 0.234 e. The number of aromatic nitrogens is 1. The van der Waals surface area contributed by atoms with Crippen molar-refractivity contribution in [2.45, 2.75) is 26.7 Å². The molecule has 2 rings (SSSR count). The summed E-state index contributed by atoms with van der Waals surface area (Å²) in [7, 11) is 0. The molecule has 116 valence electrons. The van der Waals surface area contributed by atoms with Gasteiger partial charge in [-0.3, -0.25) is 4.79 Å². The molecule has 0 radical (unpaired) electrons. The highest BCUT2D eigenvalue weighted by Crippen LogP contribution is 2.27. The van der Waals surface area contributed by atoms with E-state index in [0.717, 1.165) is 16.9 Å². The van der Waals surface area contributed by atoms with Crippen molar-refractivity contribution in [1.82, 2.24) is 4.98 Å². The third-order valence-electron chi connectivity index (χ3n) is 3.22. The summed E-state index contributed by atoms with van der Waals surface area (Å²) < 4.78 is 0. The van der Waals surface area contributed by atoms with Crippen LogP contribution in [0.4, 0.5) is 5.69 Å². The molecule has 1 amide bonds. The van der Waals surface area contributed by atoms with Crippen LogP contribution in [0.3, 0.4) is 0 Å². The fraction of sp³-hybridized carbons (Fsp3) is 0.267. The fourth-order valence-corrected chi connectivity index (χ4v) is 3.00. The minimum absolute atomic E-state index is 0.0496. The number of aryl methyl sites for hydroxylation is 2. The number of benzene rings is 1. The van der Waals surface area contributed by atoms with E-state index in [1.54, 1.807) is 26.0 Å². The highest BCUT2D eigenvalue weighted by atomic mass is 35.5. The Kier molecular flexibility index (Phi) is 4.83. The number of hydrogen-bond donors (Lipinski definition) is 1. The number of thiazole rings is 1. The molecule has 5 nitrogen and oxygen atoms in total. The lowest BCUT2D eigenvalue weighted by Crippen LogP contribution is -2.21. The van der Waals surface area contributed by atoms with Crippen LogP contribution in [-0.4, -0.2) is 16.9 Å². The average Bonchev–Trinajstić information content (AvgIpc) is 2.84. The smallest absolute Gasteiger partial charge is 0.234 e. The van der Waals surface area contributed by atoms with E-state index in [9.17, 15) is 14.7 Å². The molecule has 0 aliphatic rings. The Morgan fingerprint density at radius 3 is 2.64 bits per heavy atom. The predicted molar refractivity (Wildman–Crippen MR) is 84.4 cm³/mol. The van der Waals surface area contributed by atoms with Crippen molar-refractivity contribution in [3.8, 4) is 0 Å². The quantitative estimate of drug-likeness (QED) is 0.929. The third kappa shape index (κ3) is 3.45. The van der Waals surface area contributed by atoms with Crippen molar-refractivity contribution in [2.24, 2.45) is 0 Å². The van der Waals surface area contributed by atoms with Crippen molar-refractivity contribution in [3.05, 3.63) is 44.4 Å². The van der Waals surface area contributed by atoms with Crippen molar-refractivity contribution < 1.29 is 14.7 Å². The van der Waals surface area contributed by atoms with Crippen LogP contribution in [-0.2, 0) is 4.79 Å². The van der Waals surface area contributed by atoms with Gasteiger partial charge in [-0.05, 0) is 38.5 Å². The van der Waals surface area contributed by atoms with Crippen molar-refractivity contribution >= 4 is 40.5 Å². The van der Waals surface area contributed by atoms with Gasteiger partial charge in [-0.2, -0.15) is 0 Å². The van der Waals surface area contributed by atoms with Gasteiger partial charge in [0, 0.05) is 10.7 Å². The summed E-state index contributed by atoms with van der Waals surface area (Å²) in [6.07, 6.45) is 0. The first-order chi connectivity index (χ1) is 10.3. The molecule has 0 saturated heterocycles. The molecular weight excluding hydrogens is 324 g/mol. The second kappa shape index (κ2) is 6.46. The van der Waals surface area contributed by atoms with Gasteiger partial charge in [0.15, 0.2) is 0 Å². The first-order valence-electron chi connectivity index (χ1n) is 6.55. The molecule has 2 aromatic rings. The van der Waals surface area contributed by atoms with Crippen LogP contribution in [0, 0.1) is 13.8 Å². The molecule has 0 bridgehead atoms. The summed E-state index contributed by atoms with van der Waals surface area (Å²) in [5.74, 6) is -2.13. The van der Waals surface area contributed by atoms with Gasteiger partial charge < -0.3 is 15.2 Å². The molecule has 1 N–H and O–H groups in total. The van der Waals surface area contributed by atoms with Crippen LogP contribution in [0.5, 0.6) is 0 Å². The zero-order valence-corrected chi connectivity index (χ0v) is 13.8. The molecule has 1 atom stereocenters. The molecule has 0 spiro atoms. The van der Waals surface area contributed by atoms with Crippen molar-refractivity contribution in [3.63, 3.8) is 0 Å². The molecule has 1 aromatic heterocycles. The van der Waals surface area contributed by atoms with Gasteiger partial charge in [-0.25, -0.2) is 4.98 Å². The summed E-state index contributed by atoms with van der Waals surface area (Å²) in [5, 5.41) is 14.7. The number of carboxylic acid groups (broad SMARTS) is 1. The number of anilines is 1. The van der Waals surface area contributed by atoms with Crippen LogP contribution >= 0.6 is 22.9 Å². The van der Waals surface area contributed by atoms with Gasteiger partial charge >= 0.3 is 0 Å². The molecular formula is C15H14ClN2O3S-. The minimum atomic E-state index is -1.28. The van der Waals surface area contributed by atoms with Crippen LogP contribution < -0.4 is 10.4 Å². The zero-order chi connectivity index (χ0) is 16.4. The van der Waals surface area contributed by atoms with Gasteiger partial charge in [0.25, 0.3) is 0 Å². The number of nitrogens with one attached hydrogen (secondary N) is 1. The first kappa shape index (κ1) is 16.5. The standard InChI is InChI=1S/C15H15ClN2O3S/c1-7-4-5-10(16)6-11(7)18-13(19)8(2)14-17-9(3)12(22-14)15(20)21/h4-6,8H,1-3H3,(H,18,19)(H,20,21)/p-1/t8-/m1/s1. The third-order valence-corrected chi connectivity index (χ3v) is 4.78. The Balaban J connectivity index is 2.20. The number of nitrogens with zero attached hydrogens (tertiary/aromatic N) is 1. The van der Waals surface area contributed by atoms with Gasteiger partial charge in [-0.15, -0.1) is 11.3 Å². The molecule has 22 heavy (non-hydrogen) atoms. The number of halogens is 1. The van der Waals surface area contributed by atoms with Gasteiger partial charge in [0.05, 0.1) is 22.5 Å². The van der Waals surface area contributed by atoms with Gasteiger partial charge in [-0.1, -0.05) is 17.7 Å². The number of carbonyl (C=O) groups excluding carboxylic acids is 2. The van der Waals surface area contributed by atoms with Crippen LogP contribution in [0.15, 0.2) is 18.2 Å². The lowest BCUT2D eigenvalue weighted by Gasteiger charge is -2.12.